The zero-order chi connectivity index (χ0) is 17.9. The van der Waals surface area contributed by atoms with Gasteiger partial charge in [0.15, 0.2) is 3.95 Å². The summed E-state index contributed by atoms with van der Waals surface area (Å²) in [5.74, 6) is 0. The fourth-order valence-corrected chi connectivity index (χ4v) is 3.43. The van der Waals surface area contributed by atoms with Gasteiger partial charge in [0.1, 0.15) is 5.60 Å². The highest BCUT2D eigenvalue weighted by molar-refractivity contribution is 7.73. The van der Waals surface area contributed by atoms with Crippen molar-refractivity contribution in [2.45, 2.75) is 52.9 Å². The van der Waals surface area contributed by atoms with Gasteiger partial charge in [-0.2, -0.15) is 0 Å². The first-order valence-corrected chi connectivity index (χ1v) is 9.41. The van der Waals surface area contributed by atoms with Crippen molar-refractivity contribution in [3.63, 3.8) is 0 Å². The minimum Gasteiger partial charge on any atom is -0.444 e. The Morgan fingerprint density at radius 3 is 2.50 bits per heavy atom. The molecule has 0 bridgehead atoms. The largest absolute Gasteiger partial charge is 0.444 e. The third-order valence-electron chi connectivity index (χ3n) is 3.38. The maximum absolute atomic E-state index is 12.1. The number of aromatic nitrogens is 2. The monoisotopic (exact) mass is 373 g/mol. The molecule has 0 aliphatic carbocycles. The maximum atomic E-state index is 12.1. The van der Waals surface area contributed by atoms with Crippen LogP contribution in [0.4, 0.5) is 9.93 Å². The van der Waals surface area contributed by atoms with Gasteiger partial charge in [0.25, 0.3) is 0 Å². The van der Waals surface area contributed by atoms with Crippen LogP contribution in [0.5, 0.6) is 0 Å². The van der Waals surface area contributed by atoms with Crippen LogP contribution in [0.25, 0.3) is 0 Å². The SMILES string of the molecule is CC(C)Nc1nn(CN2CCN(C(=O)OC(C)(C)C)CC2)c(=S)s1. The Morgan fingerprint density at radius 2 is 1.96 bits per heavy atom. The lowest BCUT2D eigenvalue weighted by Gasteiger charge is -2.35. The summed E-state index contributed by atoms with van der Waals surface area (Å²) in [6.07, 6.45) is -0.240. The summed E-state index contributed by atoms with van der Waals surface area (Å²) < 4.78 is 8.02. The molecule has 9 heteroatoms. The van der Waals surface area contributed by atoms with Crippen molar-refractivity contribution >= 4 is 34.8 Å². The van der Waals surface area contributed by atoms with Crippen LogP contribution in [-0.4, -0.2) is 63.5 Å². The predicted octanol–water partition coefficient (Wildman–Crippen LogP) is 3.00. The molecule has 1 aromatic rings. The molecule has 0 aromatic carbocycles. The van der Waals surface area contributed by atoms with Gasteiger partial charge >= 0.3 is 6.09 Å². The Morgan fingerprint density at radius 1 is 1.33 bits per heavy atom. The quantitative estimate of drug-likeness (QED) is 0.819. The van der Waals surface area contributed by atoms with Gasteiger partial charge in [-0.1, -0.05) is 11.3 Å². The topological polar surface area (TPSA) is 62.6 Å². The molecule has 0 spiro atoms. The van der Waals surface area contributed by atoms with Crippen molar-refractivity contribution in [1.29, 1.82) is 0 Å². The van der Waals surface area contributed by atoms with E-state index in [4.69, 9.17) is 17.0 Å². The number of rotatable bonds is 4. The molecule has 1 aliphatic heterocycles. The summed E-state index contributed by atoms with van der Waals surface area (Å²) in [6, 6.07) is 0.330. The molecule has 0 atom stereocenters. The summed E-state index contributed by atoms with van der Waals surface area (Å²) in [5, 5.41) is 8.65. The van der Waals surface area contributed by atoms with E-state index < -0.39 is 5.60 Å². The summed E-state index contributed by atoms with van der Waals surface area (Å²) in [5.41, 5.74) is -0.457. The van der Waals surface area contributed by atoms with Crippen molar-refractivity contribution in [2.75, 3.05) is 31.5 Å². The Balaban J connectivity index is 1.86. The molecule has 1 aromatic heterocycles. The first kappa shape index (κ1) is 19.1. The highest BCUT2D eigenvalue weighted by Gasteiger charge is 2.26. The van der Waals surface area contributed by atoms with Gasteiger partial charge in [-0.05, 0) is 46.8 Å². The van der Waals surface area contributed by atoms with Crippen molar-refractivity contribution < 1.29 is 9.53 Å². The normalized spacial score (nSPS) is 16.5. The van der Waals surface area contributed by atoms with Crippen LogP contribution < -0.4 is 5.32 Å². The average molecular weight is 374 g/mol. The van der Waals surface area contributed by atoms with Crippen molar-refractivity contribution in [1.82, 2.24) is 19.6 Å². The molecule has 2 heterocycles. The van der Waals surface area contributed by atoms with Crippen LogP contribution in [0.3, 0.4) is 0 Å². The molecule has 7 nitrogen and oxygen atoms in total. The van der Waals surface area contributed by atoms with Gasteiger partial charge in [0, 0.05) is 32.2 Å². The fraction of sp³-hybridized carbons (Fsp3) is 0.800. The number of carbonyl (C=O) groups is 1. The molecule has 24 heavy (non-hydrogen) atoms. The molecular formula is C15H27N5O2S2. The van der Waals surface area contributed by atoms with E-state index in [1.807, 2.05) is 25.5 Å². The number of anilines is 1. The van der Waals surface area contributed by atoms with E-state index in [0.29, 0.717) is 25.8 Å². The molecule has 0 unspecified atom stereocenters. The molecule has 0 radical (unpaired) electrons. The first-order valence-electron chi connectivity index (χ1n) is 8.19. The van der Waals surface area contributed by atoms with Crippen LogP contribution in [0.15, 0.2) is 0 Å². The van der Waals surface area contributed by atoms with Crippen molar-refractivity contribution in [3.8, 4) is 0 Å². The highest BCUT2D eigenvalue weighted by Crippen LogP contribution is 2.17. The molecule has 1 saturated heterocycles. The Kier molecular flexibility index (Phi) is 6.22. The van der Waals surface area contributed by atoms with Crippen LogP contribution in [-0.2, 0) is 11.4 Å². The molecule has 1 fully saturated rings. The number of nitrogens with one attached hydrogen (secondary N) is 1. The smallest absolute Gasteiger partial charge is 0.410 e. The molecule has 0 saturated carbocycles. The zero-order valence-corrected chi connectivity index (χ0v) is 16.7. The number of amides is 1. The van der Waals surface area contributed by atoms with Crippen LogP contribution in [0.1, 0.15) is 34.6 Å². The summed E-state index contributed by atoms with van der Waals surface area (Å²) in [4.78, 5) is 16.1. The van der Waals surface area contributed by atoms with E-state index in [1.54, 1.807) is 4.90 Å². The van der Waals surface area contributed by atoms with Gasteiger partial charge in [-0.15, -0.1) is 5.10 Å². The number of ether oxygens (including phenoxy) is 1. The highest BCUT2D eigenvalue weighted by atomic mass is 32.1. The van der Waals surface area contributed by atoms with Crippen LogP contribution in [0, 0.1) is 3.95 Å². The number of hydrogen-bond donors (Lipinski definition) is 1. The van der Waals surface area contributed by atoms with Gasteiger partial charge in [-0.25, -0.2) is 9.48 Å². The van der Waals surface area contributed by atoms with Crippen molar-refractivity contribution in [3.05, 3.63) is 3.95 Å². The Hall–Kier alpha value is -1.19. The minimum atomic E-state index is -0.457. The van der Waals surface area contributed by atoms with E-state index in [1.165, 1.54) is 11.3 Å². The Bertz CT molecular complexity index is 612. The lowest BCUT2D eigenvalue weighted by molar-refractivity contribution is 0.0114. The van der Waals surface area contributed by atoms with Gasteiger partial charge in [0.05, 0.1) is 6.67 Å². The third-order valence-corrected chi connectivity index (χ3v) is 4.62. The summed E-state index contributed by atoms with van der Waals surface area (Å²) in [6.45, 7) is 13.3. The lowest BCUT2D eigenvalue weighted by Crippen LogP contribution is -2.50. The lowest BCUT2D eigenvalue weighted by atomic mass is 10.2. The van der Waals surface area contributed by atoms with E-state index in [0.717, 1.165) is 22.2 Å². The number of carbonyl (C=O) groups excluding carboxylic acids is 1. The van der Waals surface area contributed by atoms with Gasteiger partial charge < -0.3 is 15.0 Å². The molecule has 2 rings (SSSR count). The second kappa shape index (κ2) is 7.79. The molecule has 1 N–H and O–H groups in total. The predicted molar refractivity (Wildman–Crippen MR) is 99.1 cm³/mol. The summed E-state index contributed by atoms with van der Waals surface area (Å²) in [7, 11) is 0. The first-order chi connectivity index (χ1) is 11.1. The van der Waals surface area contributed by atoms with Gasteiger partial charge in [0.2, 0.25) is 5.13 Å². The number of piperazine rings is 1. The third kappa shape index (κ3) is 5.71. The number of nitrogens with zero attached hydrogens (tertiary/aromatic N) is 4. The molecule has 1 amide bonds. The average Bonchev–Trinajstić information content (AvgIpc) is 2.76. The van der Waals surface area contributed by atoms with Crippen molar-refractivity contribution in [2.24, 2.45) is 0 Å². The molecule has 1 aliphatic rings. The van der Waals surface area contributed by atoms with E-state index in [9.17, 15) is 4.79 Å². The summed E-state index contributed by atoms with van der Waals surface area (Å²) >= 11 is 6.87. The van der Waals surface area contributed by atoms with E-state index in [2.05, 4.69) is 29.2 Å². The second-order valence-corrected chi connectivity index (χ2v) is 8.82. The van der Waals surface area contributed by atoms with Gasteiger partial charge in [-0.3, -0.25) is 4.90 Å². The molecular weight excluding hydrogens is 346 g/mol. The zero-order valence-electron chi connectivity index (χ0n) is 15.0. The van der Waals surface area contributed by atoms with Crippen LogP contribution in [0.2, 0.25) is 0 Å². The standard InChI is InChI=1S/C15H27N5O2S2/c1-11(2)16-12-17-20(14(23)24-12)10-18-6-8-19(9-7-18)13(21)22-15(3,4)5/h11H,6-10H2,1-5H3,(H,16,17). The maximum Gasteiger partial charge on any atom is 0.410 e. The van der Waals surface area contributed by atoms with E-state index >= 15 is 0 Å². The van der Waals surface area contributed by atoms with Crippen LogP contribution >= 0.6 is 23.6 Å². The molecule has 136 valence electrons. The van der Waals surface area contributed by atoms with E-state index in [-0.39, 0.29) is 6.09 Å². The number of hydrogen-bond acceptors (Lipinski definition) is 7. The Labute approximate surface area is 152 Å². The second-order valence-electron chi connectivity index (χ2n) is 7.20. The minimum absolute atomic E-state index is 0.240. The fourth-order valence-electron chi connectivity index (χ4n) is 2.29.